The third kappa shape index (κ3) is 4.53. The van der Waals surface area contributed by atoms with Crippen LogP contribution < -0.4 is 15.8 Å². The van der Waals surface area contributed by atoms with E-state index in [2.05, 4.69) is 5.32 Å². The molecule has 17 heavy (non-hydrogen) atoms. The van der Waals surface area contributed by atoms with Crippen LogP contribution in [-0.4, -0.2) is 25.4 Å². The zero-order valence-electron chi connectivity index (χ0n) is 10.6. The van der Waals surface area contributed by atoms with Crippen molar-refractivity contribution in [3.8, 4) is 5.75 Å². The minimum atomic E-state index is 0.255. The molecule has 4 heteroatoms. The summed E-state index contributed by atoms with van der Waals surface area (Å²) in [5.74, 6) is 1.13. The largest absolute Gasteiger partial charge is 0.497 e. The first kappa shape index (κ1) is 13.6. The predicted octanol–water partition coefficient (Wildman–Crippen LogP) is 2.10. The van der Waals surface area contributed by atoms with E-state index in [0.29, 0.717) is 11.6 Å². The predicted molar refractivity (Wildman–Crippen MR) is 71.4 cm³/mol. The topological polar surface area (TPSA) is 67.5 Å². The molecule has 4 N–H and O–H groups in total. The third-order valence-corrected chi connectivity index (χ3v) is 2.76. The van der Waals surface area contributed by atoms with Crippen molar-refractivity contribution in [3.05, 3.63) is 18.2 Å². The lowest BCUT2D eigenvalue weighted by Crippen LogP contribution is -2.07. The quantitative estimate of drug-likeness (QED) is 0.502. The van der Waals surface area contributed by atoms with Crippen LogP contribution in [0.25, 0.3) is 0 Å². The average Bonchev–Trinajstić information content (AvgIpc) is 2.35. The normalized spacial score (nSPS) is 12.2. The van der Waals surface area contributed by atoms with Crippen LogP contribution in [0.15, 0.2) is 18.2 Å². The van der Waals surface area contributed by atoms with Crippen LogP contribution in [0.2, 0.25) is 0 Å². The molecule has 0 aliphatic rings. The van der Waals surface area contributed by atoms with Gasteiger partial charge in [0.15, 0.2) is 0 Å². The number of nitrogens with one attached hydrogen (secondary N) is 1. The van der Waals surface area contributed by atoms with Crippen LogP contribution >= 0.6 is 0 Å². The molecule has 0 saturated heterocycles. The summed E-state index contributed by atoms with van der Waals surface area (Å²) in [6.45, 7) is 3.16. The van der Waals surface area contributed by atoms with Crippen molar-refractivity contribution in [3.63, 3.8) is 0 Å². The zero-order chi connectivity index (χ0) is 12.7. The number of hydrogen-bond acceptors (Lipinski definition) is 4. The molecule has 4 nitrogen and oxygen atoms in total. The van der Waals surface area contributed by atoms with Gasteiger partial charge in [0.1, 0.15) is 5.75 Å². The number of ether oxygens (including phenoxy) is 1. The number of methoxy groups -OCH3 is 1. The Morgan fingerprint density at radius 3 is 2.82 bits per heavy atom. The summed E-state index contributed by atoms with van der Waals surface area (Å²) in [5, 5.41) is 12.2. The summed E-state index contributed by atoms with van der Waals surface area (Å²) in [6.07, 6.45) is 2.03. The van der Waals surface area contributed by atoms with Crippen LogP contribution in [0.5, 0.6) is 5.75 Å². The highest BCUT2D eigenvalue weighted by Crippen LogP contribution is 2.24. The Kier molecular flexibility index (Phi) is 5.63. The Hall–Kier alpha value is -1.42. The molecule has 0 spiro atoms. The average molecular weight is 238 g/mol. The Morgan fingerprint density at radius 2 is 2.24 bits per heavy atom. The van der Waals surface area contributed by atoms with Crippen LogP contribution in [0.3, 0.4) is 0 Å². The molecule has 0 aliphatic carbocycles. The highest BCUT2D eigenvalue weighted by molar-refractivity contribution is 5.68. The van der Waals surface area contributed by atoms with Gasteiger partial charge in [0.25, 0.3) is 0 Å². The fourth-order valence-corrected chi connectivity index (χ4v) is 1.59. The molecule has 0 bridgehead atoms. The highest BCUT2D eigenvalue weighted by atomic mass is 16.5. The maximum absolute atomic E-state index is 8.90. The van der Waals surface area contributed by atoms with Gasteiger partial charge < -0.3 is 20.9 Å². The number of nitrogens with two attached hydrogens (primary N) is 1. The van der Waals surface area contributed by atoms with Crippen molar-refractivity contribution in [1.82, 2.24) is 0 Å². The van der Waals surface area contributed by atoms with Crippen molar-refractivity contribution in [1.29, 1.82) is 0 Å². The second-order valence-electron chi connectivity index (χ2n) is 4.31. The van der Waals surface area contributed by atoms with Crippen LogP contribution in [-0.2, 0) is 0 Å². The first-order valence-electron chi connectivity index (χ1n) is 5.95. The van der Waals surface area contributed by atoms with Crippen molar-refractivity contribution in [2.45, 2.75) is 19.8 Å². The second-order valence-corrected chi connectivity index (χ2v) is 4.31. The van der Waals surface area contributed by atoms with E-state index < -0.39 is 0 Å². The third-order valence-electron chi connectivity index (χ3n) is 2.76. The lowest BCUT2D eigenvalue weighted by molar-refractivity contribution is 0.229. The van der Waals surface area contributed by atoms with E-state index in [0.717, 1.165) is 30.8 Å². The van der Waals surface area contributed by atoms with Crippen LogP contribution in [0.1, 0.15) is 19.8 Å². The number of anilines is 2. The first-order valence-corrected chi connectivity index (χ1v) is 5.95. The SMILES string of the molecule is COc1ccc(NCCCC(C)CO)c(N)c1. The first-order chi connectivity index (χ1) is 8.17. The molecule has 0 aliphatic heterocycles. The van der Waals surface area contributed by atoms with Gasteiger partial charge in [-0.3, -0.25) is 0 Å². The monoisotopic (exact) mass is 238 g/mol. The Morgan fingerprint density at radius 1 is 1.47 bits per heavy atom. The number of benzene rings is 1. The van der Waals surface area contributed by atoms with E-state index in [4.69, 9.17) is 15.6 Å². The summed E-state index contributed by atoms with van der Waals surface area (Å²) in [5.41, 5.74) is 7.51. The fraction of sp³-hybridized carbons (Fsp3) is 0.538. The van der Waals surface area contributed by atoms with Crippen molar-refractivity contribution in [2.75, 3.05) is 31.3 Å². The summed E-state index contributed by atoms with van der Waals surface area (Å²) >= 11 is 0. The second kappa shape index (κ2) is 7.01. The zero-order valence-corrected chi connectivity index (χ0v) is 10.6. The van der Waals surface area contributed by atoms with Crippen molar-refractivity contribution < 1.29 is 9.84 Å². The maximum atomic E-state index is 8.90. The van der Waals surface area contributed by atoms with E-state index in [1.54, 1.807) is 13.2 Å². The van der Waals surface area contributed by atoms with Gasteiger partial charge in [-0.15, -0.1) is 0 Å². The Balaban J connectivity index is 2.36. The van der Waals surface area contributed by atoms with E-state index in [9.17, 15) is 0 Å². The summed E-state index contributed by atoms with van der Waals surface area (Å²) in [6, 6.07) is 5.61. The van der Waals surface area contributed by atoms with E-state index in [1.165, 1.54) is 0 Å². The molecule has 1 atom stereocenters. The minimum absolute atomic E-state index is 0.255. The minimum Gasteiger partial charge on any atom is -0.497 e. The molecule has 0 aromatic heterocycles. The molecule has 1 aromatic carbocycles. The number of aliphatic hydroxyl groups is 1. The van der Waals surface area contributed by atoms with Crippen molar-refractivity contribution >= 4 is 11.4 Å². The maximum Gasteiger partial charge on any atom is 0.121 e. The van der Waals surface area contributed by atoms with Gasteiger partial charge >= 0.3 is 0 Å². The Labute approximate surface area is 103 Å². The van der Waals surface area contributed by atoms with Crippen LogP contribution in [0, 0.1) is 5.92 Å². The fourth-order valence-electron chi connectivity index (χ4n) is 1.59. The lowest BCUT2D eigenvalue weighted by Gasteiger charge is -2.12. The Bertz CT molecular complexity index is 342. The lowest BCUT2D eigenvalue weighted by atomic mass is 10.1. The van der Waals surface area contributed by atoms with Gasteiger partial charge in [-0.05, 0) is 30.9 Å². The summed E-state index contributed by atoms with van der Waals surface area (Å²) in [4.78, 5) is 0. The molecular formula is C13H22N2O2. The number of hydrogen-bond donors (Lipinski definition) is 3. The van der Waals surface area contributed by atoms with E-state index >= 15 is 0 Å². The highest BCUT2D eigenvalue weighted by Gasteiger charge is 2.02. The van der Waals surface area contributed by atoms with Gasteiger partial charge in [0.2, 0.25) is 0 Å². The molecule has 1 unspecified atom stereocenters. The van der Waals surface area contributed by atoms with Gasteiger partial charge in [-0.1, -0.05) is 6.92 Å². The van der Waals surface area contributed by atoms with Gasteiger partial charge in [-0.25, -0.2) is 0 Å². The number of rotatable bonds is 7. The van der Waals surface area contributed by atoms with E-state index in [1.807, 2.05) is 19.1 Å². The molecule has 0 saturated carbocycles. The summed E-state index contributed by atoms with van der Waals surface area (Å²) < 4.78 is 5.09. The molecule has 96 valence electrons. The van der Waals surface area contributed by atoms with E-state index in [-0.39, 0.29) is 6.61 Å². The standard InChI is InChI=1S/C13H22N2O2/c1-10(9-16)4-3-7-15-13-6-5-11(17-2)8-12(13)14/h5-6,8,10,15-16H,3-4,7,9,14H2,1-2H3. The van der Waals surface area contributed by atoms with Crippen molar-refractivity contribution in [2.24, 2.45) is 5.92 Å². The smallest absolute Gasteiger partial charge is 0.121 e. The number of nitrogen functional groups attached to an aromatic ring is 1. The molecular weight excluding hydrogens is 216 g/mol. The van der Waals surface area contributed by atoms with Gasteiger partial charge in [0.05, 0.1) is 18.5 Å². The molecule has 0 amide bonds. The molecule has 0 fully saturated rings. The molecule has 1 rings (SSSR count). The summed E-state index contributed by atoms with van der Waals surface area (Å²) in [7, 11) is 1.62. The molecule has 1 aromatic rings. The molecule has 0 heterocycles. The van der Waals surface area contributed by atoms with Crippen LogP contribution in [0.4, 0.5) is 11.4 Å². The van der Waals surface area contributed by atoms with Gasteiger partial charge in [0, 0.05) is 19.2 Å². The number of aliphatic hydroxyl groups excluding tert-OH is 1. The molecule has 0 radical (unpaired) electrons. The van der Waals surface area contributed by atoms with Gasteiger partial charge in [-0.2, -0.15) is 0 Å².